The molecule has 2 heterocycles. The fourth-order valence-corrected chi connectivity index (χ4v) is 2.65. The van der Waals surface area contributed by atoms with Gasteiger partial charge in [0.1, 0.15) is 5.82 Å². The molecular weight excluding hydrogens is 268 g/mol. The van der Waals surface area contributed by atoms with Crippen LogP contribution in [0, 0.1) is 12.8 Å². The normalized spacial score (nSPS) is 17.7. The van der Waals surface area contributed by atoms with Crippen molar-refractivity contribution in [2.24, 2.45) is 11.7 Å². The summed E-state index contributed by atoms with van der Waals surface area (Å²) in [4.78, 5) is 16.7. The summed E-state index contributed by atoms with van der Waals surface area (Å²) >= 11 is 0. The molecule has 1 fully saturated rings. The van der Waals surface area contributed by atoms with Crippen LogP contribution in [0.3, 0.4) is 0 Å². The first kappa shape index (κ1) is 14.0. The number of rotatable bonds is 5. The molecule has 0 aromatic carbocycles. The minimum Gasteiger partial charge on any atom is -0.395 e. The van der Waals surface area contributed by atoms with Crippen LogP contribution in [0.25, 0.3) is 5.52 Å². The van der Waals surface area contributed by atoms with Crippen molar-refractivity contribution >= 4 is 11.4 Å². The van der Waals surface area contributed by atoms with Crippen molar-refractivity contribution in [1.29, 1.82) is 0 Å². The average molecular weight is 288 g/mol. The molecule has 0 radical (unpaired) electrons. The van der Waals surface area contributed by atoms with Crippen LogP contribution >= 0.6 is 0 Å². The summed E-state index contributed by atoms with van der Waals surface area (Å²) in [5.74, 6) is 0.0839. The fourth-order valence-electron chi connectivity index (χ4n) is 2.65. The van der Waals surface area contributed by atoms with E-state index < -0.39 is 11.5 Å². The van der Waals surface area contributed by atoms with Crippen molar-refractivity contribution in [3.63, 3.8) is 0 Å². The van der Waals surface area contributed by atoms with E-state index in [4.69, 9.17) is 5.73 Å². The van der Waals surface area contributed by atoms with Crippen LogP contribution in [0.1, 0.15) is 24.2 Å². The van der Waals surface area contributed by atoms with E-state index in [1.807, 2.05) is 35.9 Å². The Kier molecular flexibility index (Phi) is 3.43. The van der Waals surface area contributed by atoms with Gasteiger partial charge in [-0.3, -0.25) is 4.79 Å². The van der Waals surface area contributed by atoms with Crippen molar-refractivity contribution < 1.29 is 9.90 Å². The molecule has 2 aromatic heterocycles. The Morgan fingerprint density at radius 3 is 3.00 bits per heavy atom. The van der Waals surface area contributed by atoms with Crippen molar-refractivity contribution in [3.05, 3.63) is 35.9 Å². The second-order valence-corrected chi connectivity index (χ2v) is 5.71. The number of nitrogens with one attached hydrogen (secondary N) is 1. The van der Waals surface area contributed by atoms with E-state index in [0.29, 0.717) is 0 Å². The van der Waals surface area contributed by atoms with Crippen LogP contribution in [-0.4, -0.2) is 33.6 Å². The molecule has 6 heteroatoms. The van der Waals surface area contributed by atoms with Crippen molar-refractivity contribution in [2.45, 2.75) is 25.3 Å². The molecule has 6 nitrogen and oxygen atoms in total. The van der Waals surface area contributed by atoms with Gasteiger partial charge in [-0.15, -0.1) is 0 Å². The molecule has 1 unspecified atom stereocenters. The number of amides is 1. The van der Waals surface area contributed by atoms with E-state index in [-0.39, 0.29) is 19.1 Å². The molecule has 2 aromatic rings. The summed E-state index contributed by atoms with van der Waals surface area (Å²) < 4.78 is 2.03. The predicted octanol–water partition coefficient (Wildman–Crippen LogP) is 0.315. The second kappa shape index (κ2) is 5.13. The quantitative estimate of drug-likeness (QED) is 0.738. The van der Waals surface area contributed by atoms with Crippen LogP contribution in [0.2, 0.25) is 0 Å². The third-order valence-corrected chi connectivity index (χ3v) is 4.20. The summed E-state index contributed by atoms with van der Waals surface area (Å²) in [5.41, 5.74) is 7.29. The highest BCUT2D eigenvalue weighted by molar-refractivity contribution is 5.80. The number of hydrogen-bond donors (Lipinski definition) is 3. The smallest absolute Gasteiger partial charge is 0.227 e. The first-order valence-corrected chi connectivity index (χ1v) is 7.17. The lowest BCUT2D eigenvalue weighted by Gasteiger charge is -2.20. The molecule has 0 spiro atoms. The predicted molar refractivity (Wildman–Crippen MR) is 78.6 cm³/mol. The van der Waals surface area contributed by atoms with Gasteiger partial charge in [-0.2, -0.15) is 0 Å². The van der Waals surface area contributed by atoms with Crippen LogP contribution in [0.4, 0.5) is 0 Å². The van der Waals surface area contributed by atoms with Crippen molar-refractivity contribution in [2.75, 3.05) is 13.2 Å². The van der Waals surface area contributed by atoms with Gasteiger partial charge in [0.15, 0.2) is 0 Å². The number of fused-ring (bicyclic) bond motifs is 1. The number of nitrogens with two attached hydrogens (primary N) is 1. The number of aromatic nitrogens is 2. The molecule has 4 N–H and O–H groups in total. The molecule has 1 aliphatic carbocycles. The largest absolute Gasteiger partial charge is 0.395 e. The highest BCUT2D eigenvalue weighted by Crippen LogP contribution is 2.45. The first-order chi connectivity index (χ1) is 10.1. The molecule has 1 aliphatic rings. The Labute approximate surface area is 123 Å². The number of aliphatic hydroxyl groups is 1. The number of imidazole rings is 1. The molecule has 0 bridgehead atoms. The Bertz CT molecular complexity index is 671. The standard InChI is InChI=1S/C15H20N4O2/c1-10-3-2-6-19-12(10)8-17-14(19)15(4-5-15)18-13(21)11(7-16)9-20/h2-3,6,8,11,20H,4-5,7,9,16H2,1H3,(H,18,21). The van der Waals surface area contributed by atoms with Gasteiger partial charge in [0, 0.05) is 12.7 Å². The van der Waals surface area contributed by atoms with E-state index >= 15 is 0 Å². The zero-order chi connectivity index (χ0) is 15.0. The lowest BCUT2D eigenvalue weighted by molar-refractivity contribution is -0.127. The zero-order valence-electron chi connectivity index (χ0n) is 12.0. The van der Waals surface area contributed by atoms with Crippen LogP contribution in [0.5, 0.6) is 0 Å². The highest BCUT2D eigenvalue weighted by atomic mass is 16.3. The number of hydrogen-bond acceptors (Lipinski definition) is 4. The van der Waals surface area contributed by atoms with Crippen molar-refractivity contribution in [1.82, 2.24) is 14.7 Å². The van der Waals surface area contributed by atoms with E-state index in [2.05, 4.69) is 10.3 Å². The number of carbonyl (C=O) groups excluding carboxylic acids is 1. The summed E-state index contributed by atoms with van der Waals surface area (Å²) in [5, 5.41) is 12.2. The molecule has 21 heavy (non-hydrogen) atoms. The van der Waals surface area contributed by atoms with Crippen LogP contribution in [-0.2, 0) is 10.3 Å². The maximum atomic E-state index is 12.2. The van der Waals surface area contributed by atoms with E-state index in [0.717, 1.165) is 29.7 Å². The molecule has 0 saturated heterocycles. The summed E-state index contributed by atoms with van der Waals surface area (Å²) in [7, 11) is 0. The molecule has 112 valence electrons. The topological polar surface area (TPSA) is 92.7 Å². The maximum Gasteiger partial charge on any atom is 0.227 e. The lowest BCUT2D eigenvalue weighted by Crippen LogP contribution is -2.43. The minimum absolute atomic E-state index is 0.139. The van der Waals surface area contributed by atoms with Crippen molar-refractivity contribution in [3.8, 4) is 0 Å². The molecule has 1 saturated carbocycles. The van der Waals surface area contributed by atoms with Gasteiger partial charge in [-0.25, -0.2) is 4.98 Å². The third kappa shape index (κ3) is 2.30. The molecule has 0 aliphatic heterocycles. The molecule has 1 atom stereocenters. The second-order valence-electron chi connectivity index (χ2n) is 5.71. The fraction of sp³-hybridized carbons (Fsp3) is 0.467. The van der Waals surface area contributed by atoms with E-state index in [9.17, 15) is 9.90 Å². The Morgan fingerprint density at radius 2 is 2.38 bits per heavy atom. The highest BCUT2D eigenvalue weighted by Gasteiger charge is 2.49. The monoisotopic (exact) mass is 288 g/mol. The summed E-state index contributed by atoms with van der Waals surface area (Å²) in [6.07, 6.45) is 5.51. The Morgan fingerprint density at radius 1 is 1.62 bits per heavy atom. The van der Waals surface area contributed by atoms with Crippen LogP contribution < -0.4 is 11.1 Å². The average Bonchev–Trinajstić information content (AvgIpc) is 3.10. The number of nitrogens with zero attached hydrogens (tertiary/aromatic N) is 2. The molecule has 1 amide bonds. The van der Waals surface area contributed by atoms with Gasteiger partial charge in [0.05, 0.1) is 29.8 Å². The van der Waals surface area contributed by atoms with Gasteiger partial charge in [-0.05, 0) is 31.4 Å². The minimum atomic E-state index is -0.560. The lowest BCUT2D eigenvalue weighted by atomic mass is 10.1. The van der Waals surface area contributed by atoms with E-state index in [1.54, 1.807) is 0 Å². The van der Waals surface area contributed by atoms with E-state index in [1.165, 1.54) is 0 Å². The first-order valence-electron chi connectivity index (χ1n) is 7.17. The van der Waals surface area contributed by atoms with Crippen LogP contribution in [0.15, 0.2) is 24.5 Å². The van der Waals surface area contributed by atoms with Gasteiger partial charge in [0.2, 0.25) is 5.91 Å². The molecular formula is C15H20N4O2. The van der Waals surface area contributed by atoms with Gasteiger partial charge >= 0.3 is 0 Å². The number of pyridine rings is 1. The maximum absolute atomic E-state index is 12.2. The number of aryl methyl sites for hydroxylation is 1. The third-order valence-electron chi connectivity index (χ3n) is 4.20. The molecule has 3 rings (SSSR count). The summed E-state index contributed by atoms with van der Waals surface area (Å²) in [6.45, 7) is 1.94. The Balaban J connectivity index is 1.91. The van der Waals surface area contributed by atoms with Gasteiger partial charge < -0.3 is 20.6 Å². The number of aliphatic hydroxyl groups excluding tert-OH is 1. The van der Waals surface area contributed by atoms with Gasteiger partial charge in [0.25, 0.3) is 0 Å². The zero-order valence-corrected chi connectivity index (χ0v) is 12.0. The SMILES string of the molecule is Cc1cccn2c(C3(NC(=O)C(CN)CO)CC3)ncc12. The Hall–Kier alpha value is -1.92. The van der Waals surface area contributed by atoms with Gasteiger partial charge in [-0.1, -0.05) is 6.07 Å². The number of carbonyl (C=O) groups is 1. The summed E-state index contributed by atoms with van der Waals surface area (Å²) in [6, 6.07) is 4.01.